The Morgan fingerprint density at radius 3 is 2.72 bits per heavy atom. The van der Waals surface area contributed by atoms with Crippen LogP contribution in [0.4, 0.5) is 0 Å². The Labute approximate surface area is 99.9 Å². The van der Waals surface area contributed by atoms with E-state index in [0.717, 1.165) is 0 Å². The zero-order valence-corrected chi connectivity index (χ0v) is 9.15. The van der Waals surface area contributed by atoms with E-state index < -0.39 is 18.1 Å². The van der Waals surface area contributed by atoms with E-state index in [1.807, 2.05) is 0 Å². The molecule has 90 valence electrons. The minimum Gasteiger partial charge on any atom is -0.480 e. The van der Waals surface area contributed by atoms with E-state index in [4.69, 9.17) is 5.11 Å². The Morgan fingerprint density at radius 1 is 1.28 bits per heavy atom. The third-order valence-corrected chi connectivity index (χ3v) is 2.71. The van der Waals surface area contributed by atoms with Crippen molar-refractivity contribution in [1.82, 2.24) is 19.2 Å². The fourth-order valence-corrected chi connectivity index (χ4v) is 1.98. The number of nitrogens with zero attached hydrogens (tertiary/aromatic N) is 4. The molecular formula is C11H8N4O3. The van der Waals surface area contributed by atoms with Gasteiger partial charge in [0.1, 0.15) is 12.9 Å². The topological polar surface area (TPSA) is 89.5 Å². The van der Waals surface area contributed by atoms with Gasteiger partial charge in [-0.25, -0.2) is 0 Å². The molecule has 1 N–H and O–H groups in total. The standard InChI is InChI=1S/C11H8N4O3/c16-9(17)5-14-7-3-1-2-4-8(7)15-6-12-13-10(15)11(14)18/h1-4,6H,5H2,(H,16,17). The maximum atomic E-state index is 12.1. The van der Waals surface area contributed by atoms with E-state index in [0.29, 0.717) is 11.0 Å². The normalized spacial score (nSPS) is 11.1. The van der Waals surface area contributed by atoms with Gasteiger partial charge in [-0.1, -0.05) is 12.1 Å². The molecule has 0 fully saturated rings. The number of benzene rings is 1. The van der Waals surface area contributed by atoms with Gasteiger partial charge in [-0.3, -0.25) is 18.6 Å². The summed E-state index contributed by atoms with van der Waals surface area (Å²) >= 11 is 0. The summed E-state index contributed by atoms with van der Waals surface area (Å²) < 4.78 is 2.73. The lowest BCUT2D eigenvalue weighted by Gasteiger charge is -2.08. The van der Waals surface area contributed by atoms with Crippen LogP contribution in [-0.2, 0) is 11.3 Å². The van der Waals surface area contributed by atoms with Crippen molar-refractivity contribution in [3.05, 3.63) is 40.9 Å². The Bertz CT molecular complexity index is 818. The number of carboxylic acids is 1. The summed E-state index contributed by atoms with van der Waals surface area (Å²) in [6, 6.07) is 7.02. The second-order valence-corrected chi connectivity index (χ2v) is 3.80. The van der Waals surface area contributed by atoms with Crippen molar-refractivity contribution in [2.45, 2.75) is 6.54 Å². The van der Waals surface area contributed by atoms with Crippen LogP contribution >= 0.6 is 0 Å². The highest BCUT2D eigenvalue weighted by molar-refractivity contribution is 5.79. The van der Waals surface area contributed by atoms with Crippen LogP contribution in [0, 0.1) is 0 Å². The second kappa shape index (κ2) is 3.66. The first-order chi connectivity index (χ1) is 8.68. The van der Waals surface area contributed by atoms with Crippen LogP contribution < -0.4 is 5.56 Å². The van der Waals surface area contributed by atoms with Gasteiger partial charge >= 0.3 is 5.97 Å². The van der Waals surface area contributed by atoms with Crippen LogP contribution in [0.25, 0.3) is 16.7 Å². The van der Waals surface area contributed by atoms with Crippen LogP contribution in [0.3, 0.4) is 0 Å². The minimum atomic E-state index is -1.08. The van der Waals surface area contributed by atoms with Gasteiger partial charge in [-0.15, -0.1) is 10.2 Å². The number of rotatable bonds is 2. The van der Waals surface area contributed by atoms with Crippen molar-refractivity contribution in [1.29, 1.82) is 0 Å². The lowest BCUT2D eigenvalue weighted by molar-refractivity contribution is -0.137. The molecule has 2 heterocycles. The number of fused-ring (bicyclic) bond motifs is 3. The number of carbonyl (C=O) groups is 1. The van der Waals surface area contributed by atoms with Crippen molar-refractivity contribution in [2.24, 2.45) is 0 Å². The lowest BCUT2D eigenvalue weighted by Crippen LogP contribution is -2.26. The Hall–Kier alpha value is -2.70. The predicted molar refractivity (Wildman–Crippen MR) is 62.4 cm³/mol. The highest BCUT2D eigenvalue weighted by Gasteiger charge is 2.13. The second-order valence-electron chi connectivity index (χ2n) is 3.80. The molecule has 0 aliphatic rings. The number of hydrogen-bond acceptors (Lipinski definition) is 4. The highest BCUT2D eigenvalue weighted by Crippen LogP contribution is 2.12. The summed E-state index contributed by atoms with van der Waals surface area (Å²) in [6.45, 7) is -0.400. The summed E-state index contributed by atoms with van der Waals surface area (Å²) in [7, 11) is 0. The van der Waals surface area contributed by atoms with Crippen LogP contribution in [0.5, 0.6) is 0 Å². The minimum absolute atomic E-state index is 0.120. The molecule has 3 rings (SSSR count). The first-order valence-corrected chi connectivity index (χ1v) is 5.21. The summed E-state index contributed by atoms with van der Waals surface area (Å²) in [5.74, 6) is -1.08. The summed E-state index contributed by atoms with van der Waals surface area (Å²) in [5.41, 5.74) is 0.888. The molecular weight excluding hydrogens is 236 g/mol. The molecule has 0 aliphatic heterocycles. The molecule has 18 heavy (non-hydrogen) atoms. The molecule has 0 aliphatic carbocycles. The van der Waals surface area contributed by atoms with Crippen molar-refractivity contribution >= 4 is 22.6 Å². The fourth-order valence-electron chi connectivity index (χ4n) is 1.98. The van der Waals surface area contributed by atoms with E-state index in [1.165, 1.54) is 10.9 Å². The predicted octanol–water partition coefficient (Wildman–Crippen LogP) is 0.129. The molecule has 7 heteroatoms. The highest BCUT2D eigenvalue weighted by atomic mass is 16.4. The maximum Gasteiger partial charge on any atom is 0.323 e. The molecule has 0 saturated heterocycles. The smallest absolute Gasteiger partial charge is 0.323 e. The van der Waals surface area contributed by atoms with Crippen LogP contribution in [0.2, 0.25) is 0 Å². The average Bonchev–Trinajstić information content (AvgIpc) is 2.83. The van der Waals surface area contributed by atoms with Gasteiger partial charge in [0.25, 0.3) is 5.56 Å². The van der Waals surface area contributed by atoms with Gasteiger partial charge in [-0.05, 0) is 12.1 Å². The third kappa shape index (κ3) is 1.37. The largest absolute Gasteiger partial charge is 0.480 e. The molecule has 7 nitrogen and oxygen atoms in total. The quantitative estimate of drug-likeness (QED) is 0.692. The van der Waals surface area contributed by atoms with Gasteiger partial charge in [0, 0.05) is 0 Å². The first kappa shape index (κ1) is 10.5. The lowest BCUT2D eigenvalue weighted by atomic mass is 10.3. The number of carboxylic acid groups (broad SMARTS) is 1. The maximum absolute atomic E-state index is 12.1. The van der Waals surface area contributed by atoms with Gasteiger partial charge in [-0.2, -0.15) is 0 Å². The van der Waals surface area contributed by atoms with Gasteiger partial charge < -0.3 is 5.11 Å². The van der Waals surface area contributed by atoms with E-state index in [1.54, 1.807) is 28.7 Å². The van der Waals surface area contributed by atoms with Crippen molar-refractivity contribution in [3.63, 3.8) is 0 Å². The van der Waals surface area contributed by atoms with Gasteiger partial charge in [0.15, 0.2) is 0 Å². The number of aliphatic carboxylic acids is 1. The van der Waals surface area contributed by atoms with Crippen LogP contribution in [-0.4, -0.2) is 30.2 Å². The molecule has 0 spiro atoms. The Morgan fingerprint density at radius 2 is 2.00 bits per heavy atom. The van der Waals surface area contributed by atoms with Crippen molar-refractivity contribution < 1.29 is 9.90 Å². The van der Waals surface area contributed by atoms with Gasteiger partial charge in [0.05, 0.1) is 11.0 Å². The fraction of sp³-hybridized carbons (Fsp3) is 0.0909. The molecule has 0 radical (unpaired) electrons. The number of hydrogen-bond donors (Lipinski definition) is 1. The molecule has 2 aromatic heterocycles. The first-order valence-electron chi connectivity index (χ1n) is 5.21. The Balaban J connectivity index is 2.53. The average molecular weight is 244 g/mol. The van der Waals surface area contributed by atoms with E-state index in [9.17, 15) is 9.59 Å². The molecule has 0 saturated carbocycles. The molecule has 3 aromatic rings. The zero-order chi connectivity index (χ0) is 12.7. The van der Waals surface area contributed by atoms with Crippen molar-refractivity contribution in [3.8, 4) is 0 Å². The van der Waals surface area contributed by atoms with Crippen molar-refractivity contribution in [2.75, 3.05) is 0 Å². The monoisotopic (exact) mass is 244 g/mol. The zero-order valence-electron chi connectivity index (χ0n) is 9.15. The summed E-state index contributed by atoms with van der Waals surface area (Å²) in [6.07, 6.45) is 1.43. The molecule has 0 amide bonds. The van der Waals surface area contributed by atoms with E-state index in [2.05, 4.69) is 10.2 Å². The number of para-hydroxylation sites is 2. The van der Waals surface area contributed by atoms with Crippen LogP contribution in [0.15, 0.2) is 35.4 Å². The number of aromatic nitrogens is 4. The molecule has 0 unspecified atom stereocenters. The van der Waals surface area contributed by atoms with E-state index in [-0.39, 0.29) is 5.65 Å². The molecule has 0 bridgehead atoms. The van der Waals surface area contributed by atoms with Crippen LogP contribution in [0.1, 0.15) is 0 Å². The molecule has 1 aromatic carbocycles. The molecule has 0 atom stereocenters. The summed E-state index contributed by atoms with van der Waals surface area (Å²) in [5, 5.41) is 16.3. The van der Waals surface area contributed by atoms with E-state index >= 15 is 0 Å². The Kier molecular flexibility index (Phi) is 2.12. The SMILES string of the molecule is O=C(O)Cn1c(=O)c2nncn2c2ccccc21. The summed E-state index contributed by atoms with van der Waals surface area (Å²) in [4.78, 5) is 23.0. The third-order valence-electron chi connectivity index (χ3n) is 2.71. The van der Waals surface area contributed by atoms with Gasteiger partial charge in [0.2, 0.25) is 5.65 Å².